The van der Waals surface area contributed by atoms with Gasteiger partial charge in [0.2, 0.25) is 0 Å². The lowest BCUT2D eigenvalue weighted by molar-refractivity contribution is -0.140. The molecule has 0 fully saturated rings. The average molecular weight is 393 g/mol. The van der Waals surface area contributed by atoms with Crippen LogP contribution in [-0.2, 0) is 33.2 Å². The minimum Gasteiger partial charge on any atom is -0.460 e. The Kier molecular flexibility index (Phi) is 17.8. The molecule has 0 aromatic carbocycles. The summed E-state index contributed by atoms with van der Waals surface area (Å²) in [5, 5.41) is 11.0. The minimum absolute atomic E-state index is 0.00329. The van der Waals surface area contributed by atoms with E-state index in [9.17, 15) is 9.59 Å². The Balaban J connectivity index is 3.24. The van der Waals surface area contributed by atoms with Crippen LogP contribution in [0.2, 0.25) is 0 Å². The van der Waals surface area contributed by atoms with Gasteiger partial charge in [0.15, 0.2) is 0 Å². The lowest BCUT2D eigenvalue weighted by Gasteiger charge is -2.09. The number of hydrogen-bond acceptors (Lipinski definition) is 9. The number of aliphatic hydroxyl groups is 1. The van der Waals surface area contributed by atoms with E-state index in [4.69, 9.17) is 33.5 Å². The van der Waals surface area contributed by atoms with E-state index >= 15 is 0 Å². The molecule has 0 unspecified atom stereocenters. The molecule has 10 heteroatoms. The van der Waals surface area contributed by atoms with Crippen LogP contribution in [-0.4, -0.2) is 96.4 Å². The van der Waals surface area contributed by atoms with Crippen LogP contribution in [0.15, 0.2) is 12.2 Å². The van der Waals surface area contributed by atoms with Crippen molar-refractivity contribution in [3.63, 3.8) is 0 Å². The van der Waals surface area contributed by atoms with Crippen molar-refractivity contribution in [1.82, 2.24) is 5.32 Å². The van der Waals surface area contributed by atoms with E-state index in [1.165, 1.54) is 0 Å². The first-order valence-corrected chi connectivity index (χ1v) is 8.73. The summed E-state index contributed by atoms with van der Waals surface area (Å²) >= 11 is 0. The Bertz CT molecular complexity index is 404. The maximum atomic E-state index is 11.4. The third kappa shape index (κ3) is 18.9. The van der Waals surface area contributed by atoms with E-state index < -0.39 is 12.1 Å². The van der Waals surface area contributed by atoms with Gasteiger partial charge in [0.25, 0.3) is 0 Å². The summed E-state index contributed by atoms with van der Waals surface area (Å²) < 4.78 is 30.4. The van der Waals surface area contributed by atoms with Gasteiger partial charge in [0.1, 0.15) is 13.2 Å². The van der Waals surface area contributed by atoms with Crippen molar-refractivity contribution in [3.05, 3.63) is 12.2 Å². The van der Waals surface area contributed by atoms with Crippen LogP contribution in [0.5, 0.6) is 0 Å². The molecule has 0 bridgehead atoms. The van der Waals surface area contributed by atoms with Crippen molar-refractivity contribution in [2.24, 2.45) is 0 Å². The average Bonchev–Trinajstić information content (AvgIpc) is 2.65. The molecule has 0 atom stereocenters. The van der Waals surface area contributed by atoms with Gasteiger partial charge in [-0.25, -0.2) is 9.59 Å². The summed E-state index contributed by atoms with van der Waals surface area (Å²) in [6, 6.07) is 0. The molecule has 0 spiro atoms. The second-order valence-electron chi connectivity index (χ2n) is 5.15. The second-order valence-corrected chi connectivity index (χ2v) is 5.15. The molecule has 0 saturated carbocycles. The van der Waals surface area contributed by atoms with Crippen molar-refractivity contribution in [3.8, 4) is 0 Å². The molecule has 158 valence electrons. The molecule has 10 nitrogen and oxygen atoms in total. The molecule has 0 rings (SSSR count). The Morgan fingerprint density at radius 1 is 0.778 bits per heavy atom. The SMILES string of the molecule is C=C(C)C(=O)OCCOCCNC(=O)OCCOCCOCCOCCO. The van der Waals surface area contributed by atoms with Crippen molar-refractivity contribution >= 4 is 12.1 Å². The molecule has 1 amide bonds. The summed E-state index contributed by atoms with van der Waals surface area (Å²) in [5.41, 5.74) is 0.333. The monoisotopic (exact) mass is 393 g/mol. The van der Waals surface area contributed by atoms with E-state index in [1.54, 1.807) is 6.92 Å². The molecule has 0 aliphatic carbocycles. The number of alkyl carbamates (subject to hydrolysis) is 1. The van der Waals surface area contributed by atoms with Gasteiger partial charge in [-0.2, -0.15) is 0 Å². The molecular weight excluding hydrogens is 362 g/mol. The van der Waals surface area contributed by atoms with E-state index in [-0.39, 0.29) is 46.2 Å². The minimum atomic E-state index is -0.562. The van der Waals surface area contributed by atoms with Crippen molar-refractivity contribution in [2.75, 3.05) is 79.2 Å². The topological polar surface area (TPSA) is 122 Å². The van der Waals surface area contributed by atoms with Crippen LogP contribution >= 0.6 is 0 Å². The van der Waals surface area contributed by atoms with Crippen LogP contribution in [0.1, 0.15) is 6.92 Å². The first-order chi connectivity index (χ1) is 13.1. The maximum absolute atomic E-state index is 11.4. The van der Waals surface area contributed by atoms with Gasteiger partial charge >= 0.3 is 12.1 Å². The van der Waals surface area contributed by atoms with Gasteiger partial charge in [-0.3, -0.25) is 0 Å². The van der Waals surface area contributed by atoms with Crippen molar-refractivity contribution in [1.29, 1.82) is 0 Å². The van der Waals surface area contributed by atoms with Crippen molar-refractivity contribution in [2.45, 2.75) is 6.92 Å². The highest BCUT2D eigenvalue weighted by molar-refractivity contribution is 5.86. The highest BCUT2D eigenvalue weighted by Gasteiger charge is 2.03. The number of rotatable bonds is 18. The highest BCUT2D eigenvalue weighted by atomic mass is 16.6. The van der Waals surface area contributed by atoms with Gasteiger partial charge in [0.05, 0.1) is 59.5 Å². The van der Waals surface area contributed by atoms with Gasteiger partial charge in [-0.05, 0) is 6.92 Å². The normalized spacial score (nSPS) is 10.4. The molecule has 0 aromatic heterocycles. The van der Waals surface area contributed by atoms with Crippen LogP contribution < -0.4 is 5.32 Å². The highest BCUT2D eigenvalue weighted by Crippen LogP contribution is 1.91. The predicted octanol–water partition coefficient (Wildman–Crippen LogP) is -0.109. The number of esters is 1. The zero-order chi connectivity index (χ0) is 20.2. The van der Waals surface area contributed by atoms with Crippen LogP contribution in [0.25, 0.3) is 0 Å². The molecule has 0 aromatic rings. The van der Waals surface area contributed by atoms with E-state index in [0.29, 0.717) is 38.6 Å². The number of amides is 1. The smallest absolute Gasteiger partial charge is 0.407 e. The number of hydrogen-bond donors (Lipinski definition) is 2. The van der Waals surface area contributed by atoms with Gasteiger partial charge < -0.3 is 38.8 Å². The van der Waals surface area contributed by atoms with Gasteiger partial charge in [-0.15, -0.1) is 0 Å². The number of ether oxygens (including phenoxy) is 6. The van der Waals surface area contributed by atoms with Crippen LogP contribution in [0.3, 0.4) is 0 Å². The number of carbonyl (C=O) groups excluding carboxylic acids is 2. The molecule has 27 heavy (non-hydrogen) atoms. The number of aliphatic hydroxyl groups excluding tert-OH is 1. The molecule has 0 radical (unpaired) electrons. The maximum Gasteiger partial charge on any atom is 0.407 e. The molecule has 0 aliphatic rings. The zero-order valence-corrected chi connectivity index (χ0v) is 15.9. The number of nitrogens with one attached hydrogen (secondary N) is 1. The Morgan fingerprint density at radius 3 is 1.81 bits per heavy atom. The number of carbonyl (C=O) groups is 2. The van der Waals surface area contributed by atoms with Gasteiger partial charge in [0, 0.05) is 12.1 Å². The van der Waals surface area contributed by atoms with Crippen LogP contribution in [0, 0.1) is 0 Å². The quantitative estimate of drug-likeness (QED) is 0.187. The lowest BCUT2D eigenvalue weighted by atomic mass is 10.4. The first kappa shape index (κ1) is 25.3. The third-order valence-corrected chi connectivity index (χ3v) is 2.77. The second kappa shape index (κ2) is 19.1. The molecule has 0 heterocycles. The molecule has 2 N–H and O–H groups in total. The predicted molar refractivity (Wildman–Crippen MR) is 95.5 cm³/mol. The summed E-state index contributed by atoms with van der Waals surface area (Å²) in [4.78, 5) is 22.5. The fraction of sp³-hybridized carbons (Fsp3) is 0.765. The summed E-state index contributed by atoms with van der Waals surface area (Å²) in [6.45, 7) is 8.29. The standard InChI is InChI=1S/C17H31NO9/c1-15(2)16(20)26-13-11-22-5-3-18-17(21)27-14-12-25-10-9-24-8-7-23-6-4-19/h19H,1,3-14H2,2H3,(H,18,21). The molecular formula is C17H31NO9. The van der Waals surface area contributed by atoms with Crippen LogP contribution in [0.4, 0.5) is 4.79 Å². The van der Waals surface area contributed by atoms with Crippen molar-refractivity contribution < 1.29 is 43.1 Å². The van der Waals surface area contributed by atoms with E-state index in [1.807, 2.05) is 0 Å². The Labute approximate surface area is 159 Å². The van der Waals surface area contributed by atoms with Gasteiger partial charge in [-0.1, -0.05) is 6.58 Å². The summed E-state index contributed by atoms with van der Waals surface area (Å²) in [6.07, 6.45) is -0.562. The zero-order valence-electron chi connectivity index (χ0n) is 15.9. The summed E-state index contributed by atoms with van der Waals surface area (Å²) in [5.74, 6) is -0.457. The lowest BCUT2D eigenvalue weighted by Crippen LogP contribution is -2.29. The fourth-order valence-corrected chi connectivity index (χ4v) is 1.49. The first-order valence-electron chi connectivity index (χ1n) is 8.73. The largest absolute Gasteiger partial charge is 0.460 e. The molecule has 0 aliphatic heterocycles. The van der Waals surface area contributed by atoms with E-state index in [2.05, 4.69) is 11.9 Å². The third-order valence-electron chi connectivity index (χ3n) is 2.77. The Hall–Kier alpha value is -1.72. The Morgan fingerprint density at radius 2 is 1.26 bits per heavy atom. The summed E-state index contributed by atoms with van der Waals surface area (Å²) in [7, 11) is 0. The van der Waals surface area contributed by atoms with E-state index in [0.717, 1.165) is 0 Å². The molecule has 0 saturated heterocycles. The fourth-order valence-electron chi connectivity index (χ4n) is 1.49.